The molecule has 9 nitrogen and oxygen atoms in total. The number of nitrogens with one attached hydrogen (secondary N) is 2. The highest BCUT2D eigenvalue weighted by molar-refractivity contribution is 5.87. The molecular weight excluding hydrogens is 668 g/mol. The quantitative estimate of drug-likeness (QED) is 0.0278. The van der Waals surface area contributed by atoms with E-state index in [4.69, 9.17) is 14.9 Å². The van der Waals surface area contributed by atoms with Gasteiger partial charge in [0.25, 0.3) is 0 Å². The van der Waals surface area contributed by atoms with Crippen molar-refractivity contribution in [2.45, 2.75) is 219 Å². The number of aliphatic hydroxyl groups is 1. The number of esters is 1. The predicted octanol–water partition coefficient (Wildman–Crippen LogP) is 10.4. The molecule has 0 saturated heterocycles. The highest BCUT2D eigenvalue weighted by Gasteiger charge is 2.19. The first-order valence-electron chi connectivity index (χ1n) is 21.7. The summed E-state index contributed by atoms with van der Waals surface area (Å²) in [6.45, 7) is 3.42. The molecule has 0 spiro atoms. The molecule has 9 heteroatoms. The average molecular weight is 749 g/mol. The minimum absolute atomic E-state index is 0.0160. The summed E-state index contributed by atoms with van der Waals surface area (Å²) in [7, 11) is 0. The van der Waals surface area contributed by atoms with Gasteiger partial charge in [-0.1, -0.05) is 154 Å². The second-order valence-electron chi connectivity index (χ2n) is 14.8. The van der Waals surface area contributed by atoms with Gasteiger partial charge in [0.1, 0.15) is 12.1 Å². The number of carbonyl (C=O) groups is 4. The molecule has 0 aliphatic heterocycles. The zero-order chi connectivity index (χ0) is 39.0. The van der Waals surface area contributed by atoms with Crippen LogP contribution in [0.2, 0.25) is 0 Å². The second-order valence-corrected chi connectivity index (χ2v) is 14.8. The molecule has 0 fully saturated rings. The van der Waals surface area contributed by atoms with E-state index in [2.05, 4.69) is 48.8 Å². The largest absolute Gasteiger partial charge is 0.480 e. The van der Waals surface area contributed by atoms with Gasteiger partial charge < -0.3 is 25.6 Å². The molecule has 0 aliphatic carbocycles. The summed E-state index contributed by atoms with van der Waals surface area (Å²) in [6, 6.07) is -1.38. The molecule has 0 radical (unpaired) electrons. The van der Waals surface area contributed by atoms with E-state index in [-0.39, 0.29) is 24.5 Å². The molecule has 308 valence electrons. The molecule has 2 amide bonds. The third kappa shape index (κ3) is 36.1. The average Bonchev–Trinajstić information content (AvgIpc) is 3.14. The topological polar surface area (TPSA) is 142 Å². The van der Waals surface area contributed by atoms with E-state index >= 15 is 0 Å². The van der Waals surface area contributed by atoms with Gasteiger partial charge >= 0.3 is 11.9 Å². The molecular formula is C44H80N2O7. The number of carboxylic acid groups (broad SMARTS) is 1. The van der Waals surface area contributed by atoms with Crippen LogP contribution in [-0.4, -0.2) is 59.3 Å². The van der Waals surface area contributed by atoms with Crippen LogP contribution in [0.5, 0.6) is 0 Å². The molecule has 0 rings (SSSR count). The minimum atomic E-state index is -1.38. The highest BCUT2D eigenvalue weighted by atomic mass is 16.5. The predicted molar refractivity (Wildman–Crippen MR) is 218 cm³/mol. The number of carbonyl (C=O) groups excluding carboxylic acids is 3. The lowest BCUT2D eigenvalue weighted by Gasteiger charge is -2.18. The molecule has 2 unspecified atom stereocenters. The van der Waals surface area contributed by atoms with E-state index in [0.717, 1.165) is 83.5 Å². The molecule has 0 heterocycles. The molecule has 53 heavy (non-hydrogen) atoms. The van der Waals surface area contributed by atoms with E-state index in [1.165, 1.54) is 89.9 Å². The Balaban J connectivity index is 4.32. The lowest BCUT2D eigenvalue weighted by Crippen LogP contribution is -2.47. The number of unbranched alkanes of at least 4 members (excludes halogenated alkanes) is 21. The van der Waals surface area contributed by atoms with Gasteiger partial charge in [-0.15, -0.1) is 0 Å². The van der Waals surface area contributed by atoms with Crippen LogP contribution in [0.1, 0.15) is 206 Å². The lowest BCUT2D eigenvalue weighted by molar-refractivity contribution is -0.150. The van der Waals surface area contributed by atoms with Crippen LogP contribution in [0.15, 0.2) is 24.3 Å². The Bertz CT molecular complexity index is 952. The third-order valence-electron chi connectivity index (χ3n) is 9.68. The molecule has 0 aromatic heterocycles. The Labute approximate surface area is 324 Å². The third-order valence-corrected chi connectivity index (χ3v) is 9.68. The van der Waals surface area contributed by atoms with Gasteiger partial charge in [0.05, 0.1) is 13.2 Å². The van der Waals surface area contributed by atoms with E-state index in [1.54, 1.807) is 0 Å². The monoisotopic (exact) mass is 749 g/mol. The van der Waals surface area contributed by atoms with Crippen molar-refractivity contribution >= 4 is 23.8 Å². The summed E-state index contributed by atoms with van der Waals surface area (Å²) in [5.74, 6) is -2.30. The van der Waals surface area contributed by atoms with Crippen molar-refractivity contribution in [3.8, 4) is 0 Å². The van der Waals surface area contributed by atoms with Crippen LogP contribution in [0, 0.1) is 0 Å². The van der Waals surface area contributed by atoms with Crippen molar-refractivity contribution < 1.29 is 34.1 Å². The normalized spacial score (nSPS) is 12.7. The fourth-order valence-corrected chi connectivity index (χ4v) is 6.34. The van der Waals surface area contributed by atoms with Crippen molar-refractivity contribution in [3.63, 3.8) is 0 Å². The van der Waals surface area contributed by atoms with Crippen LogP contribution in [0.25, 0.3) is 0 Å². The summed E-state index contributed by atoms with van der Waals surface area (Å²) < 4.78 is 6.02. The van der Waals surface area contributed by atoms with E-state index in [0.29, 0.717) is 19.3 Å². The van der Waals surface area contributed by atoms with Crippen LogP contribution in [-0.2, 0) is 23.9 Å². The number of ether oxygens (including phenoxy) is 1. The molecule has 0 aliphatic rings. The van der Waals surface area contributed by atoms with E-state index in [9.17, 15) is 19.2 Å². The summed E-state index contributed by atoms with van der Waals surface area (Å²) >= 11 is 0. The maximum Gasteiger partial charge on any atom is 0.328 e. The maximum absolute atomic E-state index is 12.8. The Morgan fingerprint density at radius 2 is 1.06 bits per heavy atom. The number of aliphatic hydroxyl groups excluding tert-OH is 1. The van der Waals surface area contributed by atoms with Gasteiger partial charge in [0.2, 0.25) is 11.8 Å². The smallest absolute Gasteiger partial charge is 0.328 e. The SMILES string of the molecule is CCC/C=C\C/C=C\CCCCCCCC(=O)OC(CCCCCCCCCCCCCC)CCCCCCCC(=O)NCC(=O)NC(CO)C(=O)O. The number of amides is 2. The van der Waals surface area contributed by atoms with Crippen LogP contribution < -0.4 is 10.6 Å². The summed E-state index contributed by atoms with van der Waals surface area (Å²) in [4.78, 5) is 47.5. The number of aliphatic carboxylic acids is 1. The first-order valence-corrected chi connectivity index (χ1v) is 21.7. The fraction of sp³-hybridized carbons (Fsp3) is 0.818. The number of hydrogen-bond acceptors (Lipinski definition) is 6. The Morgan fingerprint density at radius 3 is 1.58 bits per heavy atom. The van der Waals surface area contributed by atoms with Gasteiger partial charge in [-0.3, -0.25) is 14.4 Å². The molecule has 0 aromatic carbocycles. The maximum atomic E-state index is 12.8. The molecule has 4 N–H and O–H groups in total. The van der Waals surface area contributed by atoms with Crippen molar-refractivity contribution in [2.75, 3.05) is 13.2 Å². The summed E-state index contributed by atoms with van der Waals surface area (Å²) in [5.41, 5.74) is 0. The van der Waals surface area contributed by atoms with Gasteiger partial charge in [-0.2, -0.15) is 0 Å². The Hall–Kier alpha value is -2.68. The van der Waals surface area contributed by atoms with Crippen LogP contribution in [0.4, 0.5) is 0 Å². The lowest BCUT2D eigenvalue weighted by atomic mass is 10.0. The zero-order valence-electron chi connectivity index (χ0n) is 34.0. The van der Waals surface area contributed by atoms with Crippen LogP contribution >= 0.6 is 0 Å². The molecule has 0 aromatic rings. The molecule has 2 atom stereocenters. The fourth-order valence-electron chi connectivity index (χ4n) is 6.34. The first-order chi connectivity index (χ1) is 25.8. The van der Waals surface area contributed by atoms with E-state index in [1.807, 2.05) is 0 Å². The molecule has 0 saturated carbocycles. The van der Waals surface area contributed by atoms with Gasteiger partial charge in [-0.25, -0.2) is 4.79 Å². The number of rotatable bonds is 39. The van der Waals surface area contributed by atoms with Crippen molar-refractivity contribution in [2.24, 2.45) is 0 Å². The Morgan fingerprint density at radius 1 is 0.566 bits per heavy atom. The van der Waals surface area contributed by atoms with Gasteiger partial charge in [0, 0.05) is 12.8 Å². The number of hydrogen-bond donors (Lipinski definition) is 4. The minimum Gasteiger partial charge on any atom is -0.480 e. The Kier molecular flexibility index (Phi) is 37.1. The van der Waals surface area contributed by atoms with Gasteiger partial charge in [-0.05, 0) is 64.2 Å². The zero-order valence-corrected chi connectivity index (χ0v) is 34.0. The summed E-state index contributed by atoms with van der Waals surface area (Å²) in [6.07, 6.45) is 42.0. The standard InChI is InChI=1S/C44H80N2O7/c1-3-5-7-9-11-13-15-17-19-21-23-28-32-36-43(50)53-39(33-29-25-22-20-18-16-14-12-10-8-6-4-2)34-30-26-24-27-31-35-41(48)45-37-42(49)46-40(38-47)44(51)52/h7,9,13,15,39-40,47H,3-6,8,10-12,14,16-38H2,1-2H3,(H,45,48)(H,46,49)(H,51,52)/b9-7-,15-13-. The van der Waals surface area contributed by atoms with Crippen molar-refractivity contribution in [1.82, 2.24) is 10.6 Å². The number of allylic oxidation sites excluding steroid dienone is 4. The molecule has 0 bridgehead atoms. The second kappa shape index (κ2) is 39.0. The highest BCUT2D eigenvalue weighted by Crippen LogP contribution is 2.19. The summed E-state index contributed by atoms with van der Waals surface area (Å²) in [5, 5.41) is 22.5. The van der Waals surface area contributed by atoms with Crippen LogP contribution in [0.3, 0.4) is 0 Å². The van der Waals surface area contributed by atoms with Crippen molar-refractivity contribution in [1.29, 1.82) is 0 Å². The van der Waals surface area contributed by atoms with E-state index < -0.39 is 24.5 Å². The number of carboxylic acids is 1. The van der Waals surface area contributed by atoms with Gasteiger partial charge in [0.15, 0.2) is 0 Å². The van der Waals surface area contributed by atoms with Crippen molar-refractivity contribution in [3.05, 3.63) is 24.3 Å². The first kappa shape index (κ1) is 50.3.